The van der Waals surface area contributed by atoms with Gasteiger partial charge in [-0.15, -0.1) is 0 Å². The molecule has 0 radical (unpaired) electrons. The molecule has 1 aliphatic carbocycles. The van der Waals surface area contributed by atoms with Crippen molar-refractivity contribution in [3.05, 3.63) is 46.6 Å². The molecule has 31 heavy (non-hydrogen) atoms. The molecule has 164 valence electrons. The van der Waals surface area contributed by atoms with Crippen LogP contribution in [0, 0.1) is 32.1 Å². The Kier molecular flexibility index (Phi) is 7.13. The van der Waals surface area contributed by atoms with Gasteiger partial charge in [-0.1, -0.05) is 30.5 Å². The van der Waals surface area contributed by atoms with Gasteiger partial charge >= 0.3 is 0 Å². The first kappa shape index (κ1) is 22.6. The van der Waals surface area contributed by atoms with Gasteiger partial charge < -0.3 is 15.2 Å². The lowest BCUT2D eigenvalue weighted by Gasteiger charge is -2.20. The van der Waals surface area contributed by atoms with Crippen LogP contribution < -0.4 is 10.6 Å². The molecule has 7 nitrogen and oxygen atoms in total. The van der Waals surface area contributed by atoms with Gasteiger partial charge in [-0.3, -0.25) is 14.5 Å². The standard InChI is InChI=1S/C24H31N5O2/c1-16-9-11-19(12-10-16)26-22(30)14-28(4)15-23(31)27-24-21(13-25)17(2)18(3)29(24)20-7-5-6-8-20/h9-12,20H,5-8,14-15H2,1-4H3,(H,26,30)(H,27,31). The summed E-state index contributed by atoms with van der Waals surface area (Å²) in [5.41, 5.74) is 4.32. The maximum absolute atomic E-state index is 12.7. The maximum atomic E-state index is 12.7. The van der Waals surface area contributed by atoms with Crippen LogP contribution in [0.1, 0.15) is 54.1 Å². The van der Waals surface area contributed by atoms with Crippen LogP contribution >= 0.6 is 0 Å². The Morgan fingerprint density at radius 2 is 1.65 bits per heavy atom. The number of nitrogens with one attached hydrogen (secondary N) is 2. The van der Waals surface area contributed by atoms with Crippen LogP contribution in [0.4, 0.5) is 11.5 Å². The van der Waals surface area contributed by atoms with Gasteiger partial charge in [0.15, 0.2) is 0 Å². The number of aryl methyl sites for hydroxylation is 1. The molecule has 3 rings (SSSR count). The molecule has 0 atom stereocenters. The van der Waals surface area contributed by atoms with Crippen molar-refractivity contribution in [1.29, 1.82) is 5.26 Å². The Morgan fingerprint density at radius 3 is 2.23 bits per heavy atom. The number of aromatic nitrogens is 1. The van der Waals surface area contributed by atoms with E-state index in [1.165, 1.54) is 0 Å². The number of hydrogen-bond acceptors (Lipinski definition) is 4. The molecule has 1 aromatic heterocycles. The Bertz CT molecular complexity index is 994. The van der Waals surface area contributed by atoms with E-state index in [0.717, 1.165) is 48.2 Å². The summed E-state index contributed by atoms with van der Waals surface area (Å²) >= 11 is 0. The van der Waals surface area contributed by atoms with E-state index in [9.17, 15) is 14.9 Å². The molecule has 0 spiro atoms. The molecule has 1 saturated carbocycles. The van der Waals surface area contributed by atoms with Crippen molar-refractivity contribution in [3.8, 4) is 6.07 Å². The number of anilines is 2. The van der Waals surface area contributed by atoms with Crippen molar-refractivity contribution < 1.29 is 9.59 Å². The van der Waals surface area contributed by atoms with Crippen molar-refractivity contribution >= 4 is 23.3 Å². The first-order valence-corrected chi connectivity index (χ1v) is 10.8. The van der Waals surface area contributed by atoms with Crippen molar-refractivity contribution in [2.24, 2.45) is 0 Å². The predicted molar refractivity (Wildman–Crippen MR) is 122 cm³/mol. The maximum Gasteiger partial charge on any atom is 0.239 e. The molecule has 0 bridgehead atoms. The van der Waals surface area contributed by atoms with Crippen molar-refractivity contribution in [1.82, 2.24) is 9.47 Å². The zero-order valence-corrected chi connectivity index (χ0v) is 18.8. The number of nitriles is 1. The molecule has 0 saturated heterocycles. The van der Waals surface area contributed by atoms with Crippen LogP contribution in [0.3, 0.4) is 0 Å². The third-order valence-electron chi connectivity index (χ3n) is 5.98. The highest BCUT2D eigenvalue weighted by Gasteiger charge is 2.27. The summed E-state index contributed by atoms with van der Waals surface area (Å²) < 4.78 is 2.13. The summed E-state index contributed by atoms with van der Waals surface area (Å²) in [5, 5.41) is 15.5. The molecule has 0 aliphatic heterocycles. The van der Waals surface area contributed by atoms with E-state index in [1.54, 1.807) is 11.9 Å². The molecule has 1 heterocycles. The van der Waals surface area contributed by atoms with Gasteiger partial charge in [0.25, 0.3) is 0 Å². The van der Waals surface area contributed by atoms with Gasteiger partial charge in [-0.05, 0) is 58.4 Å². The molecular weight excluding hydrogens is 390 g/mol. The largest absolute Gasteiger partial charge is 0.327 e. The normalized spacial score (nSPS) is 13.9. The lowest BCUT2D eigenvalue weighted by molar-refractivity contribution is -0.119. The highest BCUT2D eigenvalue weighted by Crippen LogP contribution is 2.37. The molecule has 7 heteroatoms. The Balaban J connectivity index is 1.63. The Hall–Kier alpha value is -3.11. The lowest BCUT2D eigenvalue weighted by Crippen LogP contribution is -2.36. The number of likely N-dealkylation sites (N-methyl/N-ethyl adjacent to an activating group) is 1. The number of nitrogens with zero attached hydrogens (tertiary/aromatic N) is 3. The second kappa shape index (κ2) is 9.80. The molecule has 1 fully saturated rings. The minimum atomic E-state index is -0.237. The summed E-state index contributed by atoms with van der Waals surface area (Å²) in [6.07, 6.45) is 4.44. The molecule has 2 amide bonds. The monoisotopic (exact) mass is 421 g/mol. The van der Waals surface area contributed by atoms with E-state index in [2.05, 4.69) is 21.3 Å². The van der Waals surface area contributed by atoms with Crippen LogP contribution in [0.25, 0.3) is 0 Å². The van der Waals surface area contributed by atoms with Gasteiger partial charge in [-0.25, -0.2) is 0 Å². The summed E-state index contributed by atoms with van der Waals surface area (Å²) in [7, 11) is 1.73. The second-order valence-corrected chi connectivity index (χ2v) is 8.49. The SMILES string of the molecule is Cc1ccc(NC(=O)CN(C)CC(=O)Nc2c(C#N)c(C)c(C)n2C2CCCC2)cc1. The van der Waals surface area contributed by atoms with Gasteiger partial charge in [0.2, 0.25) is 11.8 Å². The van der Waals surface area contributed by atoms with E-state index in [4.69, 9.17) is 0 Å². The molecule has 1 aromatic carbocycles. The molecule has 2 N–H and O–H groups in total. The fraction of sp³-hybridized carbons (Fsp3) is 0.458. The van der Waals surface area contributed by atoms with Gasteiger partial charge in [-0.2, -0.15) is 5.26 Å². The topological polar surface area (TPSA) is 90.2 Å². The van der Waals surface area contributed by atoms with Crippen molar-refractivity contribution in [2.75, 3.05) is 30.8 Å². The van der Waals surface area contributed by atoms with E-state index >= 15 is 0 Å². The number of benzene rings is 1. The Morgan fingerprint density at radius 1 is 1.06 bits per heavy atom. The fourth-order valence-corrected chi connectivity index (χ4v) is 4.26. The van der Waals surface area contributed by atoms with Gasteiger partial charge in [0.05, 0.1) is 18.7 Å². The predicted octanol–water partition coefficient (Wildman–Crippen LogP) is 3.91. The summed E-state index contributed by atoms with van der Waals surface area (Å²) in [5.74, 6) is 0.170. The quantitative estimate of drug-likeness (QED) is 0.709. The van der Waals surface area contributed by atoms with Crippen LogP contribution in [0.15, 0.2) is 24.3 Å². The smallest absolute Gasteiger partial charge is 0.239 e. The molecule has 0 unspecified atom stereocenters. The van der Waals surface area contributed by atoms with E-state index in [1.807, 2.05) is 45.0 Å². The third-order valence-corrected chi connectivity index (χ3v) is 5.98. The van der Waals surface area contributed by atoms with E-state index in [-0.39, 0.29) is 24.9 Å². The first-order chi connectivity index (χ1) is 14.8. The highest BCUT2D eigenvalue weighted by atomic mass is 16.2. The van der Waals surface area contributed by atoms with Crippen molar-refractivity contribution in [2.45, 2.75) is 52.5 Å². The average Bonchev–Trinajstić information content (AvgIpc) is 3.30. The molecule has 2 aromatic rings. The summed E-state index contributed by atoms with van der Waals surface area (Å²) in [6, 6.07) is 10.1. The minimum Gasteiger partial charge on any atom is -0.327 e. The first-order valence-electron chi connectivity index (χ1n) is 10.8. The lowest BCUT2D eigenvalue weighted by atomic mass is 10.2. The minimum absolute atomic E-state index is 0.0557. The summed E-state index contributed by atoms with van der Waals surface area (Å²) in [4.78, 5) is 26.7. The average molecular weight is 422 g/mol. The number of carbonyl (C=O) groups is 2. The number of hydrogen-bond donors (Lipinski definition) is 2. The van der Waals surface area contributed by atoms with Crippen LogP contribution in [-0.2, 0) is 9.59 Å². The Labute approximate surface area is 184 Å². The zero-order chi connectivity index (χ0) is 22.5. The zero-order valence-electron chi connectivity index (χ0n) is 18.8. The number of amides is 2. The fourth-order valence-electron chi connectivity index (χ4n) is 4.26. The van der Waals surface area contributed by atoms with Crippen LogP contribution in [0.5, 0.6) is 0 Å². The number of carbonyl (C=O) groups excluding carboxylic acids is 2. The van der Waals surface area contributed by atoms with E-state index in [0.29, 0.717) is 17.4 Å². The molecular formula is C24H31N5O2. The van der Waals surface area contributed by atoms with Crippen LogP contribution in [-0.4, -0.2) is 41.4 Å². The van der Waals surface area contributed by atoms with Crippen molar-refractivity contribution in [3.63, 3.8) is 0 Å². The third kappa shape index (κ3) is 5.33. The van der Waals surface area contributed by atoms with Gasteiger partial charge in [0, 0.05) is 17.4 Å². The van der Waals surface area contributed by atoms with Gasteiger partial charge in [0.1, 0.15) is 11.9 Å². The summed E-state index contributed by atoms with van der Waals surface area (Å²) in [6.45, 7) is 6.07. The van der Waals surface area contributed by atoms with Crippen LogP contribution in [0.2, 0.25) is 0 Å². The molecule has 1 aliphatic rings. The van der Waals surface area contributed by atoms with E-state index < -0.39 is 0 Å². The highest BCUT2D eigenvalue weighted by molar-refractivity contribution is 5.95. The second-order valence-electron chi connectivity index (χ2n) is 8.49. The number of rotatable bonds is 7.